The van der Waals surface area contributed by atoms with Gasteiger partial charge in [0.25, 0.3) is 10.0 Å². The Labute approximate surface area is 147 Å². The number of benzene rings is 2. The highest BCUT2D eigenvalue weighted by Gasteiger charge is 2.24. The number of nitrogens with zero attached hydrogens (tertiary/aromatic N) is 2. The maximum atomic E-state index is 12.5. The normalized spacial score (nSPS) is 11.3. The summed E-state index contributed by atoms with van der Waals surface area (Å²) < 4.78 is 32.6. The molecule has 7 heteroatoms. The first kappa shape index (κ1) is 17.0. The molecule has 2 aromatic carbocycles. The molecule has 0 aliphatic heterocycles. The predicted octanol–water partition coefficient (Wildman–Crippen LogP) is 3.86. The van der Waals surface area contributed by atoms with Crippen molar-refractivity contribution in [1.82, 2.24) is 5.16 Å². The highest BCUT2D eigenvalue weighted by atomic mass is 32.2. The average Bonchev–Trinajstić information content (AvgIpc) is 2.95. The van der Waals surface area contributed by atoms with Gasteiger partial charge in [0.05, 0.1) is 0 Å². The second-order valence-electron chi connectivity index (χ2n) is 5.70. The lowest BCUT2D eigenvalue weighted by Crippen LogP contribution is -2.15. The molecule has 0 amide bonds. The quantitative estimate of drug-likeness (QED) is 0.750. The largest absolute Gasteiger partial charge is 0.360 e. The molecule has 1 aromatic heterocycles. The van der Waals surface area contributed by atoms with Gasteiger partial charge < -0.3 is 9.42 Å². The summed E-state index contributed by atoms with van der Waals surface area (Å²) in [6.45, 7) is 3.18. The zero-order valence-corrected chi connectivity index (χ0v) is 15.0. The minimum Gasteiger partial charge on any atom is -0.360 e. The molecule has 1 heterocycles. The van der Waals surface area contributed by atoms with Crippen LogP contribution in [0.15, 0.2) is 64.0 Å². The number of sulfonamides is 1. The van der Waals surface area contributed by atoms with E-state index in [0.717, 1.165) is 11.4 Å². The topological polar surface area (TPSA) is 75.4 Å². The molecule has 6 nitrogen and oxygen atoms in total. The zero-order chi connectivity index (χ0) is 18.0. The molecule has 0 unspecified atom stereocenters. The Balaban J connectivity index is 1.81. The van der Waals surface area contributed by atoms with E-state index in [9.17, 15) is 8.42 Å². The van der Waals surface area contributed by atoms with Gasteiger partial charge in [0.1, 0.15) is 5.69 Å². The van der Waals surface area contributed by atoms with Crippen LogP contribution in [0.1, 0.15) is 11.5 Å². The van der Waals surface area contributed by atoms with Crippen molar-refractivity contribution in [2.24, 2.45) is 0 Å². The summed E-state index contributed by atoms with van der Waals surface area (Å²) >= 11 is 0. The lowest BCUT2D eigenvalue weighted by Gasteiger charge is -2.19. The number of para-hydroxylation sites is 1. The number of aromatic nitrogens is 1. The van der Waals surface area contributed by atoms with Crippen molar-refractivity contribution >= 4 is 27.1 Å². The van der Waals surface area contributed by atoms with Gasteiger partial charge in [0.15, 0.2) is 10.7 Å². The van der Waals surface area contributed by atoms with Crippen LogP contribution >= 0.6 is 0 Å². The third kappa shape index (κ3) is 3.51. The molecule has 0 atom stereocenters. The van der Waals surface area contributed by atoms with Crippen LogP contribution in [0.3, 0.4) is 0 Å². The van der Waals surface area contributed by atoms with Crippen molar-refractivity contribution in [3.05, 3.63) is 66.1 Å². The van der Waals surface area contributed by atoms with Crippen molar-refractivity contribution < 1.29 is 12.9 Å². The third-order valence-corrected chi connectivity index (χ3v) is 5.51. The van der Waals surface area contributed by atoms with Crippen molar-refractivity contribution in [1.29, 1.82) is 0 Å². The molecule has 0 fully saturated rings. The molecule has 3 aromatic rings. The Morgan fingerprint density at radius 3 is 2.12 bits per heavy atom. The monoisotopic (exact) mass is 357 g/mol. The summed E-state index contributed by atoms with van der Waals surface area (Å²) in [6.07, 6.45) is 0. The number of hydrogen-bond donors (Lipinski definition) is 1. The van der Waals surface area contributed by atoms with Gasteiger partial charge in [-0.1, -0.05) is 23.4 Å². The number of nitrogens with one attached hydrogen (secondary N) is 1. The van der Waals surface area contributed by atoms with Gasteiger partial charge in [0.2, 0.25) is 0 Å². The molecule has 3 rings (SSSR count). The van der Waals surface area contributed by atoms with Crippen molar-refractivity contribution in [2.75, 3.05) is 16.7 Å². The first-order chi connectivity index (χ1) is 11.9. The summed E-state index contributed by atoms with van der Waals surface area (Å²) in [4.78, 5) is 2.10. The van der Waals surface area contributed by atoms with Crippen molar-refractivity contribution in [2.45, 2.75) is 18.7 Å². The Kier molecular flexibility index (Phi) is 4.50. The molecular formula is C18H19N3O3S. The number of hydrogen-bond acceptors (Lipinski definition) is 5. The van der Waals surface area contributed by atoms with E-state index in [1.807, 2.05) is 54.4 Å². The Bertz CT molecular complexity index is 945. The average molecular weight is 357 g/mol. The fourth-order valence-electron chi connectivity index (χ4n) is 2.62. The second kappa shape index (κ2) is 6.60. The van der Waals surface area contributed by atoms with Crippen molar-refractivity contribution in [3.8, 4) is 0 Å². The summed E-state index contributed by atoms with van der Waals surface area (Å²) in [6, 6.07) is 17.1. The number of aryl methyl sites for hydroxylation is 2. The lowest BCUT2D eigenvalue weighted by molar-refractivity contribution is 0.390. The highest BCUT2D eigenvalue weighted by molar-refractivity contribution is 7.92. The Hall–Kier alpha value is -2.80. The van der Waals surface area contributed by atoms with Gasteiger partial charge in [-0.15, -0.1) is 0 Å². The fourth-order valence-corrected chi connectivity index (χ4v) is 4.01. The summed E-state index contributed by atoms with van der Waals surface area (Å²) in [5.41, 5.74) is 2.81. The Morgan fingerprint density at radius 2 is 1.56 bits per heavy atom. The third-order valence-electron chi connectivity index (χ3n) is 3.89. The summed E-state index contributed by atoms with van der Waals surface area (Å²) in [7, 11) is -1.78. The molecule has 0 aliphatic carbocycles. The smallest absolute Gasteiger partial charge is 0.267 e. The van der Waals surface area contributed by atoms with Gasteiger partial charge in [-0.3, -0.25) is 4.72 Å². The standard InChI is InChI=1S/C18H19N3O3S/c1-13-18(14(2)24-19-13)25(22,23)20-15-9-11-17(12-10-15)21(3)16-7-5-4-6-8-16/h4-12,20H,1-3H3. The molecule has 0 saturated carbocycles. The van der Waals surface area contributed by atoms with Gasteiger partial charge in [-0.05, 0) is 50.2 Å². The summed E-state index contributed by atoms with van der Waals surface area (Å²) in [5, 5.41) is 3.69. The summed E-state index contributed by atoms with van der Waals surface area (Å²) in [5.74, 6) is 0.269. The van der Waals surface area contributed by atoms with Crippen LogP contribution in [-0.2, 0) is 10.0 Å². The van der Waals surface area contributed by atoms with E-state index in [1.54, 1.807) is 26.0 Å². The van der Waals surface area contributed by atoms with E-state index in [4.69, 9.17) is 4.52 Å². The van der Waals surface area contributed by atoms with Crippen LogP contribution in [0.5, 0.6) is 0 Å². The molecule has 0 aliphatic rings. The zero-order valence-electron chi connectivity index (χ0n) is 14.2. The van der Waals surface area contributed by atoms with Crippen LogP contribution in [-0.4, -0.2) is 20.6 Å². The van der Waals surface area contributed by atoms with E-state index in [2.05, 4.69) is 9.88 Å². The minimum atomic E-state index is -3.74. The van der Waals surface area contributed by atoms with E-state index in [-0.39, 0.29) is 10.7 Å². The van der Waals surface area contributed by atoms with Crippen LogP contribution in [0, 0.1) is 13.8 Å². The molecular weight excluding hydrogens is 338 g/mol. The number of anilines is 3. The minimum absolute atomic E-state index is 0.0815. The van der Waals surface area contributed by atoms with Crippen LogP contribution in [0.2, 0.25) is 0 Å². The van der Waals surface area contributed by atoms with Gasteiger partial charge >= 0.3 is 0 Å². The molecule has 0 bridgehead atoms. The fraction of sp³-hybridized carbons (Fsp3) is 0.167. The second-order valence-corrected chi connectivity index (χ2v) is 7.32. The van der Waals surface area contributed by atoms with E-state index in [0.29, 0.717) is 11.4 Å². The van der Waals surface area contributed by atoms with Gasteiger partial charge in [0, 0.05) is 24.1 Å². The lowest BCUT2D eigenvalue weighted by atomic mass is 10.2. The predicted molar refractivity (Wildman–Crippen MR) is 97.7 cm³/mol. The molecule has 25 heavy (non-hydrogen) atoms. The SMILES string of the molecule is Cc1noc(C)c1S(=O)(=O)Nc1ccc(N(C)c2ccccc2)cc1. The molecule has 0 saturated heterocycles. The highest BCUT2D eigenvalue weighted by Crippen LogP contribution is 2.26. The molecule has 130 valence electrons. The number of rotatable bonds is 5. The Morgan fingerprint density at radius 1 is 0.960 bits per heavy atom. The molecule has 0 spiro atoms. The molecule has 0 radical (unpaired) electrons. The van der Waals surface area contributed by atoms with E-state index >= 15 is 0 Å². The van der Waals surface area contributed by atoms with Gasteiger partial charge in [-0.25, -0.2) is 8.42 Å². The van der Waals surface area contributed by atoms with Crippen molar-refractivity contribution in [3.63, 3.8) is 0 Å². The van der Waals surface area contributed by atoms with E-state index in [1.165, 1.54) is 0 Å². The van der Waals surface area contributed by atoms with Crippen LogP contribution < -0.4 is 9.62 Å². The maximum Gasteiger partial charge on any atom is 0.267 e. The van der Waals surface area contributed by atoms with E-state index < -0.39 is 10.0 Å². The first-order valence-electron chi connectivity index (χ1n) is 7.73. The first-order valence-corrected chi connectivity index (χ1v) is 9.21. The molecule has 1 N–H and O–H groups in total. The van der Waals surface area contributed by atoms with Crippen LogP contribution in [0.4, 0.5) is 17.1 Å². The van der Waals surface area contributed by atoms with Crippen LogP contribution in [0.25, 0.3) is 0 Å². The van der Waals surface area contributed by atoms with Gasteiger partial charge in [-0.2, -0.15) is 0 Å². The maximum absolute atomic E-state index is 12.5.